The van der Waals surface area contributed by atoms with E-state index in [1.54, 1.807) is 0 Å². The molecule has 6 nitrogen and oxygen atoms in total. The molecule has 15 heavy (non-hydrogen) atoms. The van der Waals surface area contributed by atoms with Crippen molar-refractivity contribution in [2.75, 3.05) is 0 Å². The molecule has 2 heterocycles. The summed E-state index contributed by atoms with van der Waals surface area (Å²) in [5.74, 6) is 0. The number of nitrogens with zero attached hydrogens (tertiary/aromatic N) is 1. The van der Waals surface area contributed by atoms with Crippen molar-refractivity contribution < 1.29 is 9.53 Å². The largest absolute Gasteiger partial charge is 0.347 e. The van der Waals surface area contributed by atoms with Gasteiger partial charge in [-0.2, -0.15) is 0 Å². The summed E-state index contributed by atoms with van der Waals surface area (Å²) in [6.07, 6.45) is 2.38. The highest BCUT2D eigenvalue weighted by Crippen LogP contribution is 2.25. The fourth-order valence-electron chi connectivity index (χ4n) is 1.60. The number of aromatic nitrogens is 2. The summed E-state index contributed by atoms with van der Waals surface area (Å²) in [7, 11) is 0. The summed E-state index contributed by atoms with van der Waals surface area (Å²) in [4.78, 5) is 34.8. The second-order valence-electron chi connectivity index (χ2n) is 3.36. The van der Waals surface area contributed by atoms with E-state index in [-0.39, 0.29) is 0 Å². The zero-order chi connectivity index (χ0) is 10.8. The Bertz CT molecular complexity index is 475. The molecular weight excluding hydrogens is 200 g/mol. The van der Waals surface area contributed by atoms with Crippen LogP contribution in [0.5, 0.6) is 0 Å². The molecule has 1 saturated heterocycles. The van der Waals surface area contributed by atoms with Crippen molar-refractivity contribution in [3.63, 3.8) is 0 Å². The Labute approximate surface area is 84.5 Å². The molecule has 0 amide bonds. The average molecular weight is 210 g/mol. The summed E-state index contributed by atoms with van der Waals surface area (Å²) >= 11 is 0. The van der Waals surface area contributed by atoms with Gasteiger partial charge in [0, 0.05) is 12.3 Å². The predicted octanol–water partition coefficient (Wildman–Crippen LogP) is -0.587. The minimum absolute atomic E-state index is 0.443. The van der Waals surface area contributed by atoms with Gasteiger partial charge in [0.25, 0.3) is 5.56 Å². The van der Waals surface area contributed by atoms with E-state index in [0.717, 1.165) is 6.29 Å². The molecule has 0 bridgehead atoms. The molecule has 6 heteroatoms. The van der Waals surface area contributed by atoms with Crippen molar-refractivity contribution in [1.82, 2.24) is 9.55 Å². The van der Waals surface area contributed by atoms with Crippen molar-refractivity contribution in [2.24, 2.45) is 0 Å². The predicted molar refractivity (Wildman–Crippen MR) is 50.5 cm³/mol. The van der Waals surface area contributed by atoms with Crippen LogP contribution in [0.4, 0.5) is 0 Å². The van der Waals surface area contributed by atoms with Gasteiger partial charge in [-0.25, -0.2) is 4.79 Å². The van der Waals surface area contributed by atoms with Gasteiger partial charge in [-0.3, -0.25) is 14.3 Å². The lowest BCUT2D eigenvalue weighted by molar-refractivity contribution is -0.119. The first-order valence-corrected chi connectivity index (χ1v) is 4.63. The molecule has 0 radical (unpaired) electrons. The zero-order valence-corrected chi connectivity index (χ0v) is 7.88. The highest BCUT2D eigenvalue weighted by atomic mass is 16.5. The molecule has 2 atom stereocenters. The fourth-order valence-corrected chi connectivity index (χ4v) is 1.60. The lowest BCUT2D eigenvalue weighted by atomic mass is 10.2. The van der Waals surface area contributed by atoms with Crippen LogP contribution in [0.25, 0.3) is 0 Å². The van der Waals surface area contributed by atoms with Crippen LogP contribution in [-0.4, -0.2) is 21.9 Å². The van der Waals surface area contributed by atoms with Crippen LogP contribution in [0.1, 0.15) is 19.1 Å². The molecule has 1 aromatic rings. The number of hydrogen-bond acceptors (Lipinski definition) is 4. The van der Waals surface area contributed by atoms with Gasteiger partial charge in [-0.05, 0) is 12.8 Å². The van der Waals surface area contributed by atoms with Crippen molar-refractivity contribution >= 4 is 6.29 Å². The minimum atomic E-state index is -0.515. The van der Waals surface area contributed by atoms with Gasteiger partial charge in [-0.1, -0.05) is 0 Å². The number of aromatic amines is 1. The second kappa shape index (κ2) is 3.82. The third kappa shape index (κ3) is 1.89. The molecule has 2 rings (SSSR count). The first kappa shape index (κ1) is 9.85. The Morgan fingerprint density at radius 1 is 1.47 bits per heavy atom. The molecule has 0 saturated carbocycles. The molecule has 1 aliphatic rings. The molecule has 0 spiro atoms. The quantitative estimate of drug-likeness (QED) is 0.662. The number of ether oxygens (including phenoxy) is 1. The number of carbonyl (C=O) groups is 1. The molecule has 0 aromatic carbocycles. The van der Waals surface area contributed by atoms with Crippen molar-refractivity contribution in [2.45, 2.75) is 25.2 Å². The van der Waals surface area contributed by atoms with Crippen LogP contribution < -0.4 is 11.2 Å². The van der Waals surface area contributed by atoms with E-state index >= 15 is 0 Å². The normalized spacial score (nSPS) is 25.3. The maximum absolute atomic E-state index is 11.4. The summed E-state index contributed by atoms with van der Waals surface area (Å²) in [5.41, 5.74) is -0.958. The smallest absolute Gasteiger partial charge is 0.330 e. The van der Waals surface area contributed by atoms with Gasteiger partial charge in [-0.15, -0.1) is 0 Å². The Morgan fingerprint density at radius 3 is 2.87 bits per heavy atom. The fraction of sp³-hybridized carbons (Fsp3) is 0.444. The Morgan fingerprint density at radius 2 is 2.27 bits per heavy atom. The zero-order valence-electron chi connectivity index (χ0n) is 7.88. The van der Waals surface area contributed by atoms with Crippen LogP contribution in [0.2, 0.25) is 0 Å². The lowest BCUT2D eigenvalue weighted by Gasteiger charge is -2.12. The van der Waals surface area contributed by atoms with Crippen LogP contribution in [-0.2, 0) is 9.53 Å². The van der Waals surface area contributed by atoms with Gasteiger partial charge in [0.15, 0.2) is 0 Å². The van der Waals surface area contributed by atoms with Crippen molar-refractivity contribution in [3.8, 4) is 0 Å². The minimum Gasteiger partial charge on any atom is -0.347 e. The van der Waals surface area contributed by atoms with E-state index in [9.17, 15) is 14.4 Å². The van der Waals surface area contributed by atoms with E-state index in [1.807, 2.05) is 0 Å². The van der Waals surface area contributed by atoms with E-state index in [4.69, 9.17) is 4.74 Å². The van der Waals surface area contributed by atoms with E-state index in [2.05, 4.69) is 4.98 Å². The van der Waals surface area contributed by atoms with Crippen LogP contribution in [0, 0.1) is 0 Å². The summed E-state index contributed by atoms with van der Waals surface area (Å²) in [6, 6.07) is 1.25. The number of H-pyrrole nitrogens is 1. The number of rotatable bonds is 2. The summed E-state index contributed by atoms with van der Waals surface area (Å²) < 4.78 is 6.57. The SMILES string of the molecule is O=CC1CCC(n2ccc(=O)[nH]c2=O)O1. The molecule has 2 unspecified atom stereocenters. The number of hydrogen-bond donors (Lipinski definition) is 1. The van der Waals surface area contributed by atoms with Gasteiger partial charge in [0.05, 0.1) is 0 Å². The highest BCUT2D eigenvalue weighted by Gasteiger charge is 2.26. The Balaban J connectivity index is 2.28. The van der Waals surface area contributed by atoms with E-state index in [1.165, 1.54) is 16.8 Å². The topological polar surface area (TPSA) is 81.2 Å². The van der Waals surface area contributed by atoms with Crippen LogP contribution in [0.15, 0.2) is 21.9 Å². The standard InChI is InChI=1S/C9H10N2O4/c12-5-6-1-2-8(15-6)11-4-3-7(13)10-9(11)14/h3-6,8H,1-2H2,(H,10,13,14). The molecule has 1 aliphatic heterocycles. The molecular formula is C9H10N2O4. The summed E-state index contributed by atoms with van der Waals surface area (Å²) in [5, 5.41) is 0. The molecule has 1 N–H and O–H groups in total. The molecule has 0 aliphatic carbocycles. The first-order chi connectivity index (χ1) is 7.20. The maximum Gasteiger partial charge on any atom is 0.330 e. The molecule has 1 aromatic heterocycles. The molecule has 1 fully saturated rings. The number of aldehydes is 1. The Kier molecular flexibility index (Phi) is 2.51. The van der Waals surface area contributed by atoms with Crippen LogP contribution in [0.3, 0.4) is 0 Å². The van der Waals surface area contributed by atoms with Gasteiger partial charge in [0.1, 0.15) is 18.6 Å². The van der Waals surface area contributed by atoms with Crippen molar-refractivity contribution in [1.29, 1.82) is 0 Å². The van der Waals surface area contributed by atoms with Gasteiger partial charge < -0.3 is 9.53 Å². The van der Waals surface area contributed by atoms with Crippen molar-refractivity contribution in [3.05, 3.63) is 33.1 Å². The van der Waals surface area contributed by atoms with Gasteiger partial charge >= 0.3 is 5.69 Å². The maximum atomic E-state index is 11.4. The number of nitrogens with one attached hydrogen (secondary N) is 1. The first-order valence-electron chi connectivity index (χ1n) is 4.63. The lowest BCUT2D eigenvalue weighted by Crippen LogP contribution is -2.31. The molecule has 80 valence electrons. The summed E-state index contributed by atoms with van der Waals surface area (Å²) in [6.45, 7) is 0. The monoisotopic (exact) mass is 210 g/mol. The number of carbonyl (C=O) groups excluding carboxylic acids is 1. The van der Waals surface area contributed by atoms with E-state index in [0.29, 0.717) is 12.8 Å². The van der Waals surface area contributed by atoms with Gasteiger partial charge in [0.2, 0.25) is 0 Å². The third-order valence-electron chi connectivity index (χ3n) is 2.34. The highest BCUT2D eigenvalue weighted by molar-refractivity contribution is 5.56. The van der Waals surface area contributed by atoms with E-state index < -0.39 is 23.6 Å². The Hall–Kier alpha value is -1.69. The second-order valence-corrected chi connectivity index (χ2v) is 3.36. The average Bonchev–Trinajstić information content (AvgIpc) is 2.66. The van der Waals surface area contributed by atoms with Crippen LogP contribution >= 0.6 is 0 Å². The third-order valence-corrected chi connectivity index (χ3v) is 2.34.